The molecule has 0 radical (unpaired) electrons. The molecule has 2 aliphatic rings. The van der Waals surface area contributed by atoms with Crippen LogP contribution in [0, 0.1) is 0 Å². The number of rotatable bonds is 4. The van der Waals surface area contributed by atoms with E-state index in [0.29, 0.717) is 18.7 Å². The summed E-state index contributed by atoms with van der Waals surface area (Å²) < 4.78 is 27.4. The minimum atomic E-state index is -3.67. The van der Waals surface area contributed by atoms with Crippen LogP contribution in [0.15, 0.2) is 53.4 Å². The zero-order valence-corrected chi connectivity index (χ0v) is 20.2. The second-order valence-corrected chi connectivity index (χ2v) is 11.4. The maximum Gasteiger partial charge on any atom is 0.251 e. The molecule has 1 heterocycles. The summed E-state index contributed by atoms with van der Waals surface area (Å²) in [6.45, 7) is 7.24. The van der Waals surface area contributed by atoms with Crippen molar-refractivity contribution in [3.63, 3.8) is 0 Å². The van der Waals surface area contributed by atoms with E-state index in [4.69, 9.17) is 0 Å². The SMILES string of the molecule is CC(=O)N1CCN(S(=O)(=O)c2ccc(C(=O)NC3CCC(C)(C)c4ccccc43)cc2)CC1. The number of piperazine rings is 1. The van der Waals surface area contributed by atoms with Crippen LogP contribution in [0.2, 0.25) is 0 Å². The fourth-order valence-corrected chi connectivity index (χ4v) is 6.20. The molecule has 2 amide bonds. The predicted octanol–water partition coefficient (Wildman–Crippen LogP) is 3.08. The van der Waals surface area contributed by atoms with Crippen molar-refractivity contribution < 1.29 is 18.0 Å². The number of amides is 2. The molecule has 1 fully saturated rings. The monoisotopic (exact) mass is 469 g/mol. The van der Waals surface area contributed by atoms with E-state index in [-0.39, 0.29) is 41.3 Å². The lowest BCUT2D eigenvalue weighted by Crippen LogP contribution is -2.49. The Morgan fingerprint density at radius 3 is 2.24 bits per heavy atom. The van der Waals surface area contributed by atoms with Gasteiger partial charge in [0.1, 0.15) is 0 Å². The van der Waals surface area contributed by atoms with Gasteiger partial charge in [-0.2, -0.15) is 4.31 Å². The first kappa shape index (κ1) is 23.4. The molecule has 7 nitrogen and oxygen atoms in total. The summed E-state index contributed by atoms with van der Waals surface area (Å²) in [5, 5.41) is 3.13. The molecule has 1 unspecified atom stereocenters. The number of nitrogens with one attached hydrogen (secondary N) is 1. The minimum Gasteiger partial charge on any atom is -0.345 e. The summed E-state index contributed by atoms with van der Waals surface area (Å²) in [5.41, 5.74) is 2.90. The van der Waals surface area contributed by atoms with E-state index in [1.54, 1.807) is 17.0 Å². The van der Waals surface area contributed by atoms with Gasteiger partial charge in [-0.15, -0.1) is 0 Å². The van der Waals surface area contributed by atoms with E-state index >= 15 is 0 Å². The highest BCUT2D eigenvalue weighted by atomic mass is 32.2. The van der Waals surface area contributed by atoms with Crippen molar-refractivity contribution in [2.45, 2.75) is 50.0 Å². The van der Waals surface area contributed by atoms with Gasteiger partial charge >= 0.3 is 0 Å². The number of nitrogens with zero attached hydrogens (tertiary/aromatic N) is 2. The van der Waals surface area contributed by atoms with Gasteiger partial charge in [0.25, 0.3) is 5.91 Å². The molecule has 176 valence electrons. The third-order valence-electron chi connectivity index (χ3n) is 6.87. The van der Waals surface area contributed by atoms with Crippen molar-refractivity contribution in [1.82, 2.24) is 14.5 Å². The summed E-state index contributed by atoms with van der Waals surface area (Å²) in [6, 6.07) is 14.3. The van der Waals surface area contributed by atoms with E-state index in [1.807, 2.05) is 12.1 Å². The lowest BCUT2D eigenvalue weighted by Gasteiger charge is -2.37. The van der Waals surface area contributed by atoms with Crippen LogP contribution >= 0.6 is 0 Å². The summed E-state index contributed by atoms with van der Waals surface area (Å²) in [6.07, 6.45) is 1.83. The maximum absolute atomic E-state index is 13.0. The highest BCUT2D eigenvalue weighted by molar-refractivity contribution is 7.89. The Kier molecular flexibility index (Phi) is 6.33. The summed E-state index contributed by atoms with van der Waals surface area (Å²) in [5.74, 6) is -0.264. The van der Waals surface area contributed by atoms with Crippen LogP contribution in [-0.4, -0.2) is 55.6 Å². The van der Waals surface area contributed by atoms with Gasteiger partial charge in [0, 0.05) is 38.7 Å². The van der Waals surface area contributed by atoms with E-state index in [9.17, 15) is 18.0 Å². The molecule has 4 rings (SSSR count). The van der Waals surface area contributed by atoms with Crippen LogP contribution in [0.3, 0.4) is 0 Å². The van der Waals surface area contributed by atoms with Crippen LogP contribution in [0.1, 0.15) is 61.1 Å². The van der Waals surface area contributed by atoms with Crippen molar-refractivity contribution in [2.24, 2.45) is 0 Å². The Morgan fingerprint density at radius 2 is 1.61 bits per heavy atom. The lowest BCUT2D eigenvalue weighted by atomic mass is 9.71. The number of sulfonamides is 1. The number of fused-ring (bicyclic) bond motifs is 1. The highest BCUT2D eigenvalue weighted by Gasteiger charge is 2.33. The average molecular weight is 470 g/mol. The normalized spacial score (nSPS) is 20.7. The van der Waals surface area contributed by atoms with Crippen LogP contribution < -0.4 is 5.32 Å². The molecular formula is C25H31N3O4S. The average Bonchev–Trinajstić information content (AvgIpc) is 2.81. The molecule has 1 N–H and O–H groups in total. The number of hydrogen-bond acceptors (Lipinski definition) is 4. The Labute approximate surface area is 195 Å². The highest BCUT2D eigenvalue weighted by Crippen LogP contribution is 2.41. The third kappa shape index (κ3) is 4.68. The molecular weight excluding hydrogens is 438 g/mol. The standard InChI is InChI=1S/C25H31N3O4S/c1-18(29)27-14-16-28(17-15-27)33(31,32)20-10-8-19(9-11-20)24(30)26-23-12-13-25(2,3)22-7-5-4-6-21(22)23/h4-11,23H,12-17H2,1-3H3,(H,26,30). The first-order valence-electron chi connectivity index (χ1n) is 11.4. The molecule has 2 aromatic rings. The Morgan fingerprint density at radius 1 is 0.970 bits per heavy atom. The summed E-state index contributed by atoms with van der Waals surface area (Å²) in [7, 11) is -3.67. The largest absolute Gasteiger partial charge is 0.345 e. The van der Waals surface area contributed by atoms with Crippen LogP contribution in [0.25, 0.3) is 0 Å². The van der Waals surface area contributed by atoms with Crippen molar-refractivity contribution in [3.8, 4) is 0 Å². The molecule has 0 bridgehead atoms. The van der Waals surface area contributed by atoms with Crippen molar-refractivity contribution in [3.05, 3.63) is 65.2 Å². The molecule has 1 atom stereocenters. The third-order valence-corrected chi connectivity index (χ3v) is 8.78. The van der Waals surface area contributed by atoms with Gasteiger partial charge in [0.15, 0.2) is 0 Å². The molecule has 8 heteroatoms. The summed E-state index contributed by atoms with van der Waals surface area (Å²) >= 11 is 0. The number of benzene rings is 2. The van der Waals surface area contributed by atoms with E-state index in [1.165, 1.54) is 28.9 Å². The van der Waals surface area contributed by atoms with Crippen molar-refractivity contribution in [2.75, 3.05) is 26.2 Å². The first-order valence-corrected chi connectivity index (χ1v) is 12.8. The smallest absolute Gasteiger partial charge is 0.251 e. The van der Waals surface area contributed by atoms with Gasteiger partial charge < -0.3 is 10.2 Å². The van der Waals surface area contributed by atoms with Gasteiger partial charge in [-0.3, -0.25) is 9.59 Å². The van der Waals surface area contributed by atoms with E-state index in [2.05, 4.69) is 31.3 Å². The molecule has 1 aliphatic carbocycles. The fraction of sp³-hybridized carbons (Fsp3) is 0.440. The van der Waals surface area contributed by atoms with Crippen LogP contribution in [0.4, 0.5) is 0 Å². The Bertz CT molecular complexity index is 1150. The fourth-order valence-electron chi connectivity index (χ4n) is 4.77. The van der Waals surface area contributed by atoms with Crippen LogP contribution in [-0.2, 0) is 20.2 Å². The van der Waals surface area contributed by atoms with Gasteiger partial charge in [-0.1, -0.05) is 38.1 Å². The molecule has 0 aromatic heterocycles. The zero-order chi connectivity index (χ0) is 23.8. The van der Waals surface area contributed by atoms with Gasteiger partial charge in [-0.05, 0) is 53.6 Å². The van der Waals surface area contributed by atoms with Crippen LogP contribution in [0.5, 0.6) is 0 Å². The predicted molar refractivity (Wildman–Crippen MR) is 126 cm³/mol. The molecule has 0 spiro atoms. The van der Waals surface area contributed by atoms with Crippen molar-refractivity contribution >= 4 is 21.8 Å². The van der Waals surface area contributed by atoms with Gasteiger partial charge in [0.2, 0.25) is 15.9 Å². The van der Waals surface area contributed by atoms with E-state index < -0.39 is 10.0 Å². The Balaban J connectivity index is 1.45. The second kappa shape index (κ2) is 8.91. The molecule has 0 saturated carbocycles. The minimum absolute atomic E-state index is 0.0495. The molecule has 1 aliphatic heterocycles. The first-order chi connectivity index (χ1) is 15.6. The number of carbonyl (C=O) groups excluding carboxylic acids is 2. The zero-order valence-electron chi connectivity index (χ0n) is 19.4. The second-order valence-electron chi connectivity index (χ2n) is 9.47. The molecule has 33 heavy (non-hydrogen) atoms. The van der Waals surface area contributed by atoms with E-state index in [0.717, 1.165) is 18.4 Å². The molecule has 1 saturated heterocycles. The summed E-state index contributed by atoms with van der Waals surface area (Å²) in [4.78, 5) is 26.2. The number of carbonyl (C=O) groups is 2. The topological polar surface area (TPSA) is 86.8 Å². The number of hydrogen-bond donors (Lipinski definition) is 1. The maximum atomic E-state index is 13.0. The quantitative estimate of drug-likeness (QED) is 0.746. The van der Waals surface area contributed by atoms with Gasteiger partial charge in [-0.25, -0.2) is 8.42 Å². The lowest BCUT2D eigenvalue weighted by molar-refractivity contribution is -0.129. The van der Waals surface area contributed by atoms with Crippen molar-refractivity contribution in [1.29, 1.82) is 0 Å². The van der Waals surface area contributed by atoms with Gasteiger partial charge in [0.05, 0.1) is 10.9 Å². The Hall–Kier alpha value is -2.71. The molecule has 2 aromatic carbocycles.